The third-order valence-electron chi connectivity index (χ3n) is 5.47. The van der Waals surface area contributed by atoms with Crippen LogP contribution in [0.1, 0.15) is 25.3 Å². The smallest absolute Gasteiger partial charge is 0.311 e. The van der Waals surface area contributed by atoms with Crippen LogP contribution in [0.2, 0.25) is 0 Å². The minimum Gasteiger partial charge on any atom is -0.345 e. The molecule has 2 heterocycles. The summed E-state index contributed by atoms with van der Waals surface area (Å²) in [5.74, 6) is -0.802. The van der Waals surface area contributed by atoms with Gasteiger partial charge in [-0.1, -0.05) is 37.3 Å². The van der Waals surface area contributed by atoms with E-state index >= 15 is 0 Å². The number of likely N-dealkylation sites (N-methyl/N-ethyl adjacent to an activating group) is 1. The van der Waals surface area contributed by atoms with Crippen LogP contribution >= 0.6 is 0 Å². The van der Waals surface area contributed by atoms with Gasteiger partial charge in [0.05, 0.1) is 0 Å². The van der Waals surface area contributed by atoms with Gasteiger partial charge in [-0.05, 0) is 24.9 Å². The van der Waals surface area contributed by atoms with Crippen LogP contribution in [0.15, 0.2) is 30.3 Å². The average Bonchev–Trinajstić information content (AvgIpc) is 2.70. The Balaban J connectivity index is 1.40. The molecule has 0 aromatic heterocycles. The van der Waals surface area contributed by atoms with Crippen molar-refractivity contribution in [2.75, 3.05) is 45.8 Å². The van der Waals surface area contributed by atoms with Crippen LogP contribution in [0.5, 0.6) is 0 Å². The van der Waals surface area contributed by atoms with E-state index in [0.717, 1.165) is 52.1 Å². The van der Waals surface area contributed by atoms with Gasteiger partial charge in [-0.25, -0.2) is 0 Å². The minimum atomic E-state index is -0.434. The van der Waals surface area contributed by atoms with E-state index in [0.29, 0.717) is 13.1 Å². The molecular weight excluding hydrogens is 328 g/mol. The molecule has 2 aliphatic rings. The Morgan fingerprint density at radius 3 is 2.23 bits per heavy atom. The number of hydrogen-bond donors (Lipinski definition) is 1. The summed E-state index contributed by atoms with van der Waals surface area (Å²) in [6.45, 7) is 8.96. The Morgan fingerprint density at radius 2 is 1.62 bits per heavy atom. The zero-order valence-corrected chi connectivity index (χ0v) is 15.7. The molecule has 1 N–H and O–H groups in total. The molecule has 0 atom stereocenters. The molecule has 1 aromatic rings. The predicted octanol–water partition coefficient (Wildman–Crippen LogP) is 0.931. The second-order valence-electron chi connectivity index (χ2n) is 7.24. The lowest BCUT2D eigenvalue weighted by Gasteiger charge is -2.35. The van der Waals surface area contributed by atoms with Crippen LogP contribution in [0, 0.1) is 0 Å². The zero-order valence-electron chi connectivity index (χ0n) is 15.7. The van der Waals surface area contributed by atoms with E-state index in [1.54, 1.807) is 4.90 Å². The van der Waals surface area contributed by atoms with E-state index in [2.05, 4.69) is 46.3 Å². The molecule has 1 aromatic carbocycles. The first-order valence-corrected chi connectivity index (χ1v) is 9.74. The van der Waals surface area contributed by atoms with Crippen molar-refractivity contribution < 1.29 is 9.59 Å². The Morgan fingerprint density at radius 1 is 0.962 bits per heavy atom. The van der Waals surface area contributed by atoms with Crippen LogP contribution in [-0.4, -0.2) is 78.4 Å². The zero-order chi connectivity index (χ0) is 18.4. The number of piperazine rings is 1. The summed E-state index contributed by atoms with van der Waals surface area (Å²) < 4.78 is 0. The first-order chi connectivity index (χ1) is 12.7. The molecule has 0 bridgehead atoms. The monoisotopic (exact) mass is 358 g/mol. The molecule has 0 saturated carbocycles. The van der Waals surface area contributed by atoms with Crippen molar-refractivity contribution in [3.05, 3.63) is 35.9 Å². The number of carbonyl (C=O) groups excluding carboxylic acids is 2. The lowest BCUT2D eigenvalue weighted by atomic mass is 10.0. The first kappa shape index (κ1) is 18.9. The number of nitrogens with zero attached hydrogens (tertiary/aromatic N) is 3. The normalized spacial score (nSPS) is 20.1. The maximum atomic E-state index is 12.4. The van der Waals surface area contributed by atoms with Crippen LogP contribution in [0.3, 0.4) is 0 Å². The van der Waals surface area contributed by atoms with Crippen molar-refractivity contribution in [2.24, 2.45) is 0 Å². The van der Waals surface area contributed by atoms with Crippen molar-refractivity contribution in [3.8, 4) is 0 Å². The molecule has 0 unspecified atom stereocenters. The number of hydrogen-bond acceptors (Lipinski definition) is 4. The van der Waals surface area contributed by atoms with Gasteiger partial charge in [-0.2, -0.15) is 0 Å². The summed E-state index contributed by atoms with van der Waals surface area (Å²) in [5, 5.41) is 2.96. The largest absolute Gasteiger partial charge is 0.345 e. The van der Waals surface area contributed by atoms with Crippen LogP contribution < -0.4 is 5.32 Å². The number of benzene rings is 1. The summed E-state index contributed by atoms with van der Waals surface area (Å²) in [6.07, 6.45) is 1.80. The lowest BCUT2D eigenvalue weighted by molar-refractivity contribution is -0.147. The summed E-state index contributed by atoms with van der Waals surface area (Å²) in [5.41, 5.74) is 1.32. The highest BCUT2D eigenvalue weighted by Gasteiger charge is 2.28. The van der Waals surface area contributed by atoms with E-state index < -0.39 is 5.91 Å². The van der Waals surface area contributed by atoms with E-state index in [1.165, 1.54) is 5.56 Å². The predicted molar refractivity (Wildman–Crippen MR) is 102 cm³/mol. The quantitative estimate of drug-likeness (QED) is 0.814. The van der Waals surface area contributed by atoms with Gasteiger partial charge in [0.15, 0.2) is 0 Å². The van der Waals surface area contributed by atoms with Crippen molar-refractivity contribution in [1.29, 1.82) is 0 Å². The highest BCUT2D eigenvalue weighted by molar-refractivity contribution is 6.35. The number of rotatable bonds is 4. The van der Waals surface area contributed by atoms with Crippen LogP contribution in [0.25, 0.3) is 0 Å². The molecule has 2 saturated heterocycles. The summed E-state index contributed by atoms with van der Waals surface area (Å²) >= 11 is 0. The van der Waals surface area contributed by atoms with E-state index in [-0.39, 0.29) is 11.9 Å². The summed E-state index contributed by atoms with van der Waals surface area (Å²) in [4.78, 5) is 31.1. The number of nitrogens with one attached hydrogen (secondary N) is 1. The van der Waals surface area contributed by atoms with Crippen molar-refractivity contribution >= 4 is 11.8 Å². The fraction of sp³-hybridized carbons (Fsp3) is 0.600. The topological polar surface area (TPSA) is 55.9 Å². The maximum absolute atomic E-state index is 12.4. The van der Waals surface area contributed by atoms with E-state index in [4.69, 9.17) is 0 Å². The van der Waals surface area contributed by atoms with E-state index in [1.807, 2.05) is 6.07 Å². The Hall–Kier alpha value is -1.92. The third kappa shape index (κ3) is 5.05. The molecule has 0 aliphatic carbocycles. The summed E-state index contributed by atoms with van der Waals surface area (Å²) in [7, 11) is 0. The first-order valence-electron chi connectivity index (χ1n) is 9.74. The lowest BCUT2D eigenvalue weighted by Crippen LogP contribution is -2.54. The molecule has 2 aliphatic heterocycles. The molecule has 6 nitrogen and oxygen atoms in total. The molecule has 142 valence electrons. The standard InChI is InChI=1S/C20H30N4O2/c1-2-22-12-14-24(15-13-22)20(26)19(25)21-18-8-10-23(11-9-18)16-17-6-4-3-5-7-17/h3-7,18H,2,8-16H2,1H3,(H,21,25). The van der Waals surface area contributed by atoms with E-state index in [9.17, 15) is 9.59 Å². The third-order valence-corrected chi connectivity index (χ3v) is 5.47. The Kier molecular flexibility index (Phi) is 6.63. The Labute approximate surface area is 156 Å². The molecule has 0 spiro atoms. The summed E-state index contributed by atoms with van der Waals surface area (Å²) in [6, 6.07) is 10.6. The molecule has 2 fully saturated rings. The second-order valence-corrected chi connectivity index (χ2v) is 7.24. The minimum absolute atomic E-state index is 0.107. The second kappa shape index (κ2) is 9.14. The number of amides is 2. The van der Waals surface area contributed by atoms with Gasteiger partial charge in [-0.15, -0.1) is 0 Å². The number of carbonyl (C=O) groups is 2. The van der Waals surface area contributed by atoms with Gasteiger partial charge >= 0.3 is 11.8 Å². The van der Waals surface area contributed by atoms with Crippen LogP contribution in [-0.2, 0) is 16.1 Å². The van der Waals surface area contributed by atoms with Crippen molar-refractivity contribution in [2.45, 2.75) is 32.4 Å². The van der Waals surface area contributed by atoms with Gasteiger partial charge in [0, 0.05) is 51.9 Å². The highest BCUT2D eigenvalue weighted by Crippen LogP contribution is 2.14. The van der Waals surface area contributed by atoms with Gasteiger partial charge in [0.1, 0.15) is 0 Å². The molecular formula is C20H30N4O2. The molecule has 0 radical (unpaired) electrons. The fourth-order valence-corrected chi connectivity index (χ4v) is 3.73. The molecule has 2 amide bonds. The van der Waals surface area contributed by atoms with Gasteiger partial charge < -0.3 is 15.1 Å². The number of likely N-dealkylation sites (tertiary alicyclic amines) is 1. The molecule has 3 rings (SSSR count). The van der Waals surface area contributed by atoms with Crippen molar-refractivity contribution in [3.63, 3.8) is 0 Å². The Bertz CT molecular complexity index is 591. The molecule has 6 heteroatoms. The van der Waals surface area contributed by atoms with Gasteiger partial charge in [-0.3, -0.25) is 14.5 Å². The number of piperidine rings is 1. The fourth-order valence-electron chi connectivity index (χ4n) is 3.73. The van der Waals surface area contributed by atoms with Crippen molar-refractivity contribution in [1.82, 2.24) is 20.0 Å². The van der Waals surface area contributed by atoms with Gasteiger partial charge in [0.2, 0.25) is 0 Å². The SMILES string of the molecule is CCN1CCN(C(=O)C(=O)NC2CCN(Cc3ccccc3)CC2)CC1. The van der Waals surface area contributed by atoms with Gasteiger partial charge in [0.25, 0.3) is 0 Å². The average molecular weight is 358 g/mol. The molecule has 26 heavy (non-hydrogen) atoms. The maximum Gasteiger partial charge on any atom is 0.311 e. The highest BCUT2D eigenvalue weighted by atomic mass is 16.2. The van der Waals surface area contributed by atoms with Crippen LogP contribution in [0.4, 0.5) is 0 Å².